The average Bonchev–Trinajstić information content (AvgIpc) is 2.48. The van der Waals surface area contributed by atoms with E-state index in [-0.39, 0.29) is 6.61 Å². The smallest absolute Gasteiger partial charge is 0.128 e. The van der Waals surface area contributed by atoms with Crippen molar-refractivity contribution in [2.45, 2.75) is 25.9 Å². The predicted octanol–water partition coefficient (Wildman–Crippen LogP) is 2.05. The molecule has 0 atom stereocenters. The fourth-order valence-corrected chi connectivity index (χ4v) is 2.39. The molecule has 1 heterocycles. The van der Waals surface area contributed by atoms with E-state index in [1.54, 1.807) is 7.11 Å². The van der Waals surface area contributed by atoms with Crippen molar-refractivity contribution in [2.75, 3.05) is 33.4 Å². The van der Waals surface area contributed by atoms with Gasteiger partial charge >= 0.3 is 0 Å². The molecule has 0 spiro atoms. The second-order valence-corrected chi connectivity index (χ2v) is 4.88. The number of likely N-dealkylation sites (tertiary alicyclic amines) is 1. The first-order chi connectivity index (χ1) is 9.33. The molecule has 4 nitrogen and oxygen atoms in total. The second-order valence-electron chi connectivity index (χ2n) is 4.88. The van der Waals surface area contributed by atoms with Gasteiger partial charge in [-0.25, -0.2) is 0 Å². The lowest BCUT2D eigenvalue weighted by Crippen LogP contribution is -2.33. The van der Waals surface area contributed by atoms with Crippen molar-refractivity contribution in [2.24, 2.45) is 0 Å². The maximum absolute atomic E-state index is 9.30. The van der Waals surface area contributed by atoms with Gasteiger partial charge in [-0.1, -0.05) is 6.42 Å². The molecule has 0 radical (unpaired) electrons. The number of piperidine rings is 1. The normalized spacial score (nSPS) is 16.3. The third-order valence-corrected chi connectivity index (χ3v) is 3.56. The molecule has 1 aliphatic heterocycles. The fourth-order valence-electron chi connectivity index (χ4n) is 2.39. The van der Waals surface area contributed by atoms with Gasteiger partial charge in [0.25, 0.3) is 0 Å². The summed E-state index contributed by atoms with van der Waals surface area (Å²) in [6, 6.07) is 5.51. The minimum Gasteiger partial charge on any atom is -0.497 e. The van der Waals surface area contributed by atoms with Crippen molar-refractivity contribution >= 4 is 0 Å². The Morgan fingerprint density at radius 1 is 1.21 bits per heavy atom. The molecular formula is C15H23NO3. The first-order valence-corrected chi connectivity index (χ1v) is 6.96. The molecule has 1 aromatic rings. The molecule has 1 aromatic carbocycles. The highest BCUT2D eigenvalue weighted by Gasteiger charge is 2.10. The van der Waals surface area contributed by atoms with Crippen LogP contribution in [0.15, 0.2) is 18.2 Å². The number of benzene rings is 1. The zero-order valence-electron chi connectivity index (χ0n) is 11.6. The lowest BCUT2D eigenvalue weighted by molar-refractivity contribution is 0.180. The summed E-state index contributed by atoms with van der Waals surface area (Å²) >= 11 is 0. The Morgan fingerprint density at radius 2 is 2.00 bits per heavy atom. The Labute approximate surface area is 114 Å². The van der Waals surface area contributed by atoms with Gasteiger partial charge in [0.1, 0.15) is 18.1 Å². The molecule has 1 N–H and O–H groups in total. The van der Waals surface area contributed by atoms with Gasteiger partial charge in [-0.3, -0.25) is 4.90 Å². The molecule has 1 saturated heterocycles. The van der Waals surface area contributed by atoms with E-state index >= 15 is 0 Å². The van der Waals surface area contributed by atoms with E-state index in [2.05, 4.69) is 4.90 Å². The van der Waals surface area contributed by atoms with Crippen LogP contribution >= 0.6 is 0 Å². The van der Waals surface area contributed by atoms with Gasteiger partial charge in [-0.15, -0.1) is 0 Å². The summed E-state index contributed by atoms with van der Waals surface area (Å²) in [5, 5.41) is 9.30. The molecule has 19 heavy (non-hydrogen) atoms. The van der Waals surface area contributed by atoms with Crippen molar-refractivity contribution in [1.82, 2.24) is 4.90 Å². The molecule has 106 valence electrons. The fraction of sp³-hybridized carbons (Fsp3) is 0.600. The van der Waals surface area contributed by atoms with Crippen LogP contribution in [0.25, 0.3) is 0 Å². The van der Waals surface area contributed by atoms with E-state index in [0.717, 1.165) is 23.6 Å². The monoisotopic (exact) mass is 265 g/mol. The maximum atomic E-state index is 9.30. The van der Waals surface area contributed by atoms with Crippen LogP contribution in [0.1, 0.15) is 24.8 Å². The standard InChI is InChI=1S/C15H23NO3/c1-18-14-6-5-13(12-17)15(11-14)19-10-9-16-7-3-2-4-8-16/h5-6,11,17H,2-4,7-10,12H2,1H3. The van der Waals surface area contributed by atoms with Gasteiger partial charge < -0.3 is 14.6 Å². The van der Waals surface area contributed by atoms with E-state index in [9.17, 15) is 5.11 Å². The number of ether oxygens (including phenoxy) is 2. The summed E-state index contributed by atoms with van der Waals surface area (Å²) in [7, 11) is 1.63. The maximum Gasteiger partial charge on any atom is 0.128 e. The van der Waals surface area contributed by atoms with Crippen LogP contribution in [-0.2, 0) is 6.61 Å². The molecule has 1 fully saturated rings. The van der Waals surface area contributed by atoms with Gasteiger partial charge in [0.05, 0.1) is 13.7 Å². The second kappa shape index (κ2) is 7.36. The first-order valence-electron chi connectivity index (χ1n) is 6.96. The van der Waals surface area contributed by atoms with Crippen LogP contribution in [-0.4, -0.2) is 43.4 Å². The largest absolute Gasteiger partial charge is 0.497 e. The molecular weight excluding hydrogens is 242 g/mol. The van der Waals surface area contributed by atoms with Crippen LogP contribution in [0, 0.1) is 0 Å². The van der Waals surface area contributed by atoms with E-state index < -0.39 is 0 Å². The zero-order valence-corrected chi connectivity index (χ0v) is 11.6. The highest BCUT2D eigenvalue weighted by atomic mass is 16.5. The van der Waals surface area contributed by atoms with E-state index in [0.29, 0.717) is 6.61 Å². The molecule has 0 unspecified atom stereocenters. The number of aliphatic hydroxyl groups is 1. The Morgan fingerprint density at radius 3 is 2.68 bits per heavy atom. The van der Waals surface area contributed by atoms with Crippen LogP contribution in [0.2, 0.25) is 0 Å². The topological polar surface area (TPSA) is 41.9 Å². The summed E-state index contributed by atoms with van der Waals surface area (Å²) in [4.78, 5) is 2.43. The van der Waals surface area contributed by atoms with Gasteiger partial charge in [-0.2, -0.15) is 0 Å². The number of rotatable bonds is 6. The number of hydrogen-bond donors (Lipinski definition) is 1. The third kappa shape index (κ3) is 4.11. The number of hydrogen-bond acceptors (Lipinski definition) is 4. The quantitative estimate of drug-likeness (QED) is 0.855. The molecule has 0 bridgehead atoms. The number of methoxy groups -OCH3 is 1. The number of nitrogens with zero attached hydrogens (tertiary/aromatic N) is 1. The van der Waals surface area contributed by atoms with Gasteiger partial charge in [-0.05, 0) is 38.1 Å². The molecule has 1 aliphatic rings. The molecule has 0 amide bonds. The summed E-state index contributed by atoms with van der Waals surface area (Å²) in [5.74, 6) is 1.48. The van der Waals surface area contributed by atoms with Crippen molar-refractivity contribution in [1.29, 1.82) is 0 Å². The Bertz CT molecular complexity index is 389. The lowest BCUT2D eigenvalue weighted by atomic mass is 10.1. The van der Waals surface area contributed by atoms with E-state index in [1.807, 2.05) is 18.2 Å². The Balaban J connectivity index is 1.86. The predicted molar refractivity (Wildman–Crippen MR) is 74.7 cm³/mol. The van der Waals surface area contributed by atoms with Crippen LogP contribution in [0.5, 0.6) is 11.5 Å². The van der Waals surface area contributed by atoms with E-state index in [1.165, 1.54) is 32.4 Å². The summed E-state index contributed by atoms with van der Waals surface area (Å²) in [6.45, 7) is 3.94. The molecule has 0 aromatic heterocycles. The Hall–Kier alpha value is -1.26. The molecule has 2 rings (SSSR count). The van der Waals surface area contributed by atoms with E-state index in [4.69, 9.17) is 9.47 Å². The summed E-state index contributed by atoms with van der Waals surface area (Å²) < 4.78 is 11.0. The first kappa shape index (κ1) is 14.2. The minimum absolute atomic E-state index is 0.0109. The van der Waals surface area contributed by atoms with Crippen molar-refractivity contribution in [3.05, 3.63) is 23.8 Å². The van der Waals surface area contributed by atoms with Gasteiger partial charge in [0.2, 0.25) is 0 Å². The van der Waals surface area contributed by atoms with Crippen molar-refractivity contribution in [3.63, 3.8) is 0 Å². The highest BCUT2D eigenvalue weighted by molar-refractivity contribution is 5.40. The van der Waals surface area contributed by atoms with Gasteiger partial charge in [0.15, 0.2) is 0 Å². The third-order valence-electron chi connectivity index (χ3n) is 3.56. The SMILES string of the molecule is COc1ccc(CO)c(OCCN2CCCCC2)c1. The van der Waals surface area contributed by atoms with Crippen molar-refractivity contribution in [3.8, 4) is 11.5 Å². The lowest BCUT2D eigenvalue weighted by Gasteiger charge is -2.26. The van der Waals surface area contributed by atoms with Crippen LogP contribution in [0.3, 0.4) is 0 Å². The Kier molecular flexibility index (Phi) is 5.48. The average molecular weight is 265 g/mol. The molecule has 0 saturated carbocycles. The van der Waals surface area contributed by atoms with Crippen LogP contribution < -0.4 is 9.47 Å². The summed E-state index contributed by atoms with van der Waals surface area (Å²) in [5.41, 5.74) is 0.805. The molecule has 4 heteroatoms. The van der Waals surface area contributed by atoms with Gasteiger partial charge in [0, 0.05) is 18.2 Å². The minimum atomic E-state index is -0.0109. The molecule has 0 aliphatic carbocycles. The zero-order chi connectivity index (χ0) is 13.5. The highest BCUT2D eigenvalue weighted by Crippen LogP contribution is 2.24. The number of aliphatic hydroxyl groups excluding tert-OH is 1. The van der Waals surface area contributed by atoms with Crippen molar-refractivity contribution < 1.29 is 14.6 Å². The summed E-state index contributed by atoms with van der Waals surface area (Å²) in [6.07, 6.45) is 3.93. The van der Waals surface area contributed by atoms with Crippen LogP contribution in [0.4, 0.5) is 0 Å².